The van der Waals surface area contributed by atoms with Crippen LogP contribution in [0.1, 0.15) is 11.1 Å². The molecule has 132 valence electrons. The smallest absolute Gasteiger partial charge is 0.227 e. The van der Waals surface area contributed by atoms with E-state index in [1.165, 1.54) is 0 Å². The van der Waals surface area contributed by atoms with Gasteiger partial charge in [0.2, 0.25) is 5.89 Å². The Balaban J connectivity index is 1.53. The summed E-state index contributed by atoms with van der Waals surface area (Å²) in [6, 6.07) is 21.5. The summed E-state index contributed by atoms with van der Waals surface area (Å²) in [7, 11) is 0. The minimum Gasteiger partial charge on any atom is -0.436 e. The molecule has 4 rings (SSSR count). The highest BCUT2D eigenvalue weighted by Crippen LogP contribution is 2.27. The van der Waals surface area contributed by atoms with Crippen LogP contribution in [0.5, 0.6) is 0 Å². The maximum absolute atomic E-state index is 5.89. The number of aromatic nitrogens is 1. The molecule has 1 aromatic heterocycles. The van der Waals surface area contributed by atoms with Crippen molar-refractivity contribution in [2.75, 3.05) is 0 Å². The van der Waals surface area contributed by atoms with Gasteiger partial charge in [-0.25, -0.2) is 4.98 Å². The molecule has 3 aromatic carbocycles. The number of nitrogens with zero attached hydrogens (tertiary/aromatic N) is 2. The Hall–Kier alpha value is -3.17. The van der Waals surface area contributed by atoms with Crippen molar-refractivity contribution in [1.82, 2.24) is 4.98 Å². The monoisotopic (exact) mass is 372 g/mol. The van der Waals surface area contributed by atoms with Crippen LogP contribution >= 0.6 is 11.6 Å². The van der Waals surface area contributed by atoms with Crippen molar-refractivity contribution in [3.63, 3.8) is 0 Å². The lowest BCUT2D eigenvalue weighted by molar-refractivity contribution is 0.620. The minimum atomic E-state index is 0.601. The van der Waals surface area contributed by atoms with E-state index >= 15 is 0 Å². The molecule has 1 heterocycles. The largest absolute Gasteiger partial charge is 0.436 e. The standard InChI is InChI=1S/C23H17ClN2O/c1-16-7-12-22-21(14-16)26-23(27-22)18-5-2-6-20(15-18)25-13-3-4-17-8-10-19(24)11-9-17/h2-15H,1H3/b4-3+,25-13?. The molecule has 4 aromatic rings. The molecule has 0 saturated carbocycles. The number of benzene rings is 3. The van der Waals surface area contributed by atoms with Gasteiger partial charge in [0.25, 0.3) is 0 Å². The second-order valence-electron chi connectivity index (χ2n) is 6.23. The Kier molecular flexibility index (Phi) is 4.86. The van der Waals surface area contributed by atoms with Crippen LogP contribution in [0, 0.1) is 6.92 Å². The first-order valence-corrected chi connectivity index (χ1v) is 8.99. The number of allylic oxidation sites excluding steroid dienone is 1. The number of hydrogen-bond donors (Lipinski definition) is 0. The van der Waals surface area contributed by atoms with E-state index in [4.69, 9.17) is 16.0 Å². The average Bonchev–Trinajstić information content (AvgIpc) is 3.10. The topological polar surface area (TPSA) is 38.4 Å². The number of fused-ring (bicyclic) bond motifs is 1. The Morgan fingerprint density at radius 3 is 2.70 bits per heavy atom. The van der Waals surface area contributed by atoms with Crippen molar-refractivity contribution in [3.8, 4) is 11.5 Å². The minimum absolute atomic E-state index is 0.601. The van der Waals surface area contributed by atoms with Gasteiger partial charge in [0.1, 0.15) is 5.52 Å². The number of rotatable bonds is 4. The van der Waals surface area contributed by atoms with Gasteiger partial charge in [0, 0.05) is 16.8 Å². The van der Waals surface area contributed by atoms with Gasteiger partial charge >= 0.3 is 0 Å². The van der Waals surface area contributed by atoms with Crippen molar-refractivity contribution in [1.29, 1.82) is 0 Å². The number of oxazole rings is 1. The molecule has 0 aliphatic heterocycles. The quantitative estimate of drug-likeness (QED) is 0.366. The fourth-order valence-electron chi connectivity index (χ4n) is 2.74. The molecule has 3 nitrogen and oxygen atoms in total. The van der Waals surface area contributed by atoms with Crippen LogP contribution in [0.3, 0.4) is 0 Å². The van der Waals surface area contributed by atoms with Gasteiger partial charge < -0.3 is 4.42 Å². The summed E-state index contributed by atoms with van der Waals surface area (Å²) in [5, 5.41) is 0.729. The Morgan fingerprint density at radius 2 is 1.85 bits per heavy atom. The molecule has 0 aliphatic rings. The van der Waals surface area contributed by atoms with Gasteiger partial charge in [-0.05, 0) is 66.6 Å². The Labute approximate surface area is 162 Å². The molecule has 0 atom stereocenters. The summed E-state index contributed by atoms with van der Waals surface area (Å²) in [4.78, 5) is 9.07. The van der Waals surface area contributed by atoms with Crippen LogP contribution in [0.25, 0.3) is 28.6 Å². The molecule has 0 amide bonds. The third-order valence-electron chi connectivity index (χ3n) is 4.10. The van der Waals surface area contributed by atoms with E-state index < -0.39 is 0 Å². The van der Waals surface area contributed by atoms with E-state index in [9.17, 15) is 0 Å². The predicted octanol–water partition coefficient (Wildman–Crippen LogP) is 6.87. The Morgan fingerprint density at radius 1 is 1.00 bits per heavy atom. The zero-order valence-electron chi connectivity index (χ0n) is 14.8. The van der Waals surface area contributed by atoms with Gasteiger partial charge in [-0.3, -0.25) is 4.99 Å². The van der Waals surface area contributed by atoms with Crippen LogP contribution in [0.4, 0.5) is 5.69 Å². The van der Waals surface area contributed by atoms with Crippen LogP contribution < -0.4 is 0 Å². The number of aliphatic imine (C=N–C) groups is 1. The van der Waals surface area contributed by atoms with Crippen molar-refractivity contribution in [2.45, 2.75) is 6.92 Å². The molecular weight excluding hydrogens is 356 g/mol. The van der Waals surface area contributed by atoms with Crippen LogP contribution in [-0.4, -0.2) is 11.2 Å². The molecular formula is C23H17ClN2O. The van der Waals surface area contributed by atoms with Gasteiger partial charge in [0.05, 0.1) is 5.69 Å². The molecule has 0 aliphatic carbocycles. The molecule has 27 heavy (non-hydrogen) atoms. The molecule has 0 bridgehead atoms. The zero-order chi connectivity index (χ0) is 18.6. The van der Waals surface area contributed by atoms with E-state index in [0.29, 0.717) is 5.89 Å². The fourth-order valence-corrected chi connectivity index (χ4v) is 2.86. The number of aryl methyl sites for hydroxylation is 1. The van der Waals surface area contributed by atoms with E-state index in [2.05, 4.69) is 9.98 Å². The lowest BCUT2D eigenvalue weighted by atomic mass is 10.2. The Bertz CT molecular complexity index is 1140. The van der Waals surface area contributed by atoms with E-state index in [1.807, 2.05) is 85.8 Å². The summed E-state index contributed by atoms with van der Waals surface area (Å²) < 4.78 is 5.87. The lowest BCUT2D eigenvalue weighted by Crippen LogP contribution is -1.77. The van der Waals surface area contributed by atoms with Gasteiger partial charge in [-0.15, -0.1) is 0 Å². The average molecular weight is 373 g/mol. The first-order chi connectivity index (χ1) is 13.2. The highest BCUT2D eigenvalue weighted by molar-refractivity contribution is 6.30. The van der Waals surface area contributed by atoms with Crippen LogP contribution in [-0.2, 0) is 0 Å². The van der Waals surface area contributed by atoms with Gasteiger partial charge in [-0.2, -0.15) is 0 Å². The third-order valence-corrected chi connectivity index (χ3v) is 4.36. The summed E-state index contributed by atoms with van der Waals surface area (Å²) in [6.07, 6.45) is 5.65. The molecule has 0 spiro atoms. The predicted molar refractivity (Wildman–Crippen MR) is 113 cm³/mol. The zero-order valence-corrected chi connectivity index (χ0v) is 15.5. The maximum atomic E-state index is 5.89. The number of hydrogen-bond acceptors (Lipinski definition) is 3. The maximum Gasteiger partial charge on any atom is 0.227 e. The first-order valence-electron chi connectivity index (χ1n) is 8.61. The van der Waals surface area contributed by atoms with Crippen LogP contribution in [0.15, 0.2) is 82.2 Å². The summed E-state index contributed by atoms with van der Waals surface area (Å²) in [6.45, 7) is 2.04. The van der Waals surface area contributed by atoms with Gasteiger partial charge in [0.15, 0.2) is 5.58 Å². The summed E-state index contributed by atoms with van der Waals surface area (Å²) in [5.41, 5.74) is 5.63. The highest BCUT2D eigenvalue weighted by Gasteiger charge is 2.08. The molecule has 0 N–H and O–H groups in total. The van der Waals surface area contributed by atoms with Crippen molar-refractivity contribution in [2.24, 2.45) is 4.99 Å². The summed E-state index contributed by atoms with van der Waals surface area (Å²) >= 11 is 5.89. The molecule has 0 unspecified atom stereocenters. The lowest BCUT2D eigenvalue weighted by Gasteiger charge is -1.97. The van der Waals surface area contributed by atoms with E-state index in [0.717, 1.165) is 38.5 Å². The second-order valence-corrected chi connectivity index (χ2v) is 6.67. The second kappa shape index (κ2) is 7.60. The normalized spacial score (nSPS) is 11.8. The van der Waals surface area contributed by atoms with Crippen LogP contribution in [0.2, 0.25) is 5.02 Å². The first kappa shape index (κ1) is 17.3. The SMILES string of the molecule is Cc1ccc2oc(-c3cccc(N=C/C=C/c4ccc(Cl)cc4)c3)nc2c1. The molecule has 0 radical (unpaired) electrons. The number of halogens is 1. The van der Waals surface area contributed by atoms with E-state index in [1.54, 1.807) is 6.21 Å². The van der Waals surface area contributed by atoms with Gasteiger partial charge in [-0.1, -0.05) is 41.9 Å². The highest BCUT2D eigenvalue weighted by atomic mass is 35.5. The summed E-state index contributed by atoms with van der Waals surface area (Å²) in [5.74, 6) is 0.601. The third kappa shape index (κ3) is 4.15. The molecule has 0 saturated heterocycles. The van der Waals surface area contributed by atoms with Crippen molar-refractivity contribution in [3.05, 3.63) is 89.0 Å². The van der Waals surface area contributed by atoms with Crippen molar-refractivity contribution < 1.29 is 4.42 Å². The van der Waals surface area contributed by atoms with E-state index in [-0.39, 0.29) is 0 Å². The fraction of sp³-hybridized carbons (Fsp3) is 0.0435. The van der Waals surface area contributed by atoms with Crippen molar-refractivity contribution >= 4 is 40.7 Å². The molecule has 4 heteroatoms. The molecule has 0 fully saturated rings.